The van der Waals surface area contributed by atoms with Gasteiger partial charge in [0.05, 0.1) is 18.8 Å². The topological polar surface area (TPSA) is 129 Å². The van der Waals surface area contributed by atoms with Crippen LogP contribution in [0.4, 0.5) is 4.79 Å². The summed E-state index contributed by atoms with van der Waals surface area (Å²) in [5.74, 6) is -0.883. The molecule has 0 heterocycles. The molecule has 234 valence electrons. The monoisotopic (exact) mass is 614 g/mol. The third-order valence-corrected chi connectivity index (χ3v) is 7.43. The lowest BCUT2D eigenvalue weighted by atomic mass is 10.0. The average Bonchev–Trinajstić information content (AvgIpc) is 3.67. The predicted octanol–water partition coefficient (Wildman–Crippen LogP) is 4.61. The summed E-state index contributed by atoms with van der Waals surface area (Å²) in [5, 5.41) is 5.34. The van der Waals surface area contributed by atoms with Crippen LogP contribution in [0, 0.1) is 5.92 Å². The van der Waals surface area contributed by atoms with Crippen molar-refractivity contribution in [1.29, 1.82) is 0 Å². The number of benzene rings is 2. The van der Waals surface area contributed by atoms with Gasteiger partial charge in [-0.3, -0.25) is 4.79 Å². The number of ether oxygens (including phenoxy) is 4. The smallest absolute Gasteiger partial charge is 0.408 e. The van der Waals surface area contributed by atoms with Crippen LogP contribution in [-0.4, -0.2) is 79.1 Å². The van der Waals surface area contributed by atoms with E-state index in [1.807, 2.05) is 56.3 Å². The molecule has 2 aromatic carbocycles. The maximum atomic E-state index is 13.3. The highest BCUT2D eigenvalue weighted by molar-refractivity contribution is 7.99. The number of hydrogen-bond donors (Lipinski definition) is 2. The van der Waals surface area contributed by atoms with Crippen molar-refractivity contribution in [2.24, 2.45) is 5.92 Å². The minimum atomic E-state index is -1.31. The standard InChI is InChI=1S/C32H42N2O8S/c1-21(2)19-41-26-18-32(26,29(37)39-6)34-27(35)25(33-30(38)42-31(3,4)5)20-43-17-16-40-28(36)24-14-12-23(13-15-24)22-10-8-7-9-11-22/h7-15,21,25-26H,16-20H2,1-6H3,(H,33,38)(H,34,35)/t25-,26+,32?/m0/s1. The molecule has 2 amide bonds. The van der Waals surface area contributed by atoms with Crippen molar-refractivity contribution in [2.75, 3.05) is 31.8 Å². The van der Waals surface area contributed by atoms with Gasteiger partial charge in [0.15, 0.2) is 5.54 Å². The van der Waals surface area contributed by atoms with Crippen LogP contribution in [-0.2, 0) is 28.5 Å². The van der Waals surface area contributed by atoms with Gasteiger partial charge in [-0.1, -0.05) is 56.3 Å². The highest BCUT2D eigenvalue weighted by atomic mass is 32.2. The van der Waals surface area contributed by atoms with E-state index in [1.54, 1.807) is 32.9 Å². The highest BCUT2D eigenvalue weighted by Crippen LogP contribution is 2.40. The Morgan fingerprint density at radius 2 is 1.65 bits per heavy atom. The summed E-state index contributed by atoms with van der Waals surface area (Å²) in [5.41, 5.74) is 0.388. The molecule has 1 aliphatic carbocycles. The summed E-state index contributed by atoms with van der Waals surface area (Å²) < 4.78 is 21.5. The fraction of sp³-hybridized carbons (Fsp3) is 0.500. The molecule has 43 heavy (non-hydrogen) atoms. The van der Waals surface area contributed by atoms with Crippen molar-refractivity contribution < 1.29 is 38.1 Å². The molecule has 11 heteroatoms. The molecule has 1 aliphatic rings. The van der Waals surface area contributed by atoms with Crippen LogP contribution < -0.4 is 10.6 Å². The number of hydrogen-bond acceptors (Lipinski definition) is 9. The van der Waals surface area contributed by atoms with Crippen LogP contribution in [0.2, 0.25) is 0 Å². The first kappa shape index (κ1) is 33.9. The van der Waals surface area contributed by atoms with Crippen LogP contribution >= 0.6 is 11.8 Å². The van der Waals surface area contributed by atoms with Crippen molar-refractivity contribution in [2.45, 2.75) is 64.3 Å². The lowest BCUT2D eigenvalue weighted by Gasteiger charge is -2.25. The molecule has 0 bridgehead atoms. The van der Waals surface area contributed by atoms with E-state index in [-0.39, 0.29) is 24.7 Å². The number of thioether (sulfide) groups is 1. The maximum Gasteiger partial charge on any atom is 0.408 e. The molecule has 1 saturated carbocycles. The number of methoxy groups -OCH3 is 1. The second kappa shape index (κ2) is 15.2. The number of carbonyl (C=O) groups excluding carboxylic acids is 4. The van der Waals surface area contributed by atoms with Gasteiger partial charge < -0.3 is 29.6 Å². The summed E-state index contributed by atoms with van der Waals surface area (Å²) in [6.45, 7) is 9.63. The Kier molecular flexibility index (Phi) is 12.0. The molecule has 1 unspecified atom stereocenters. The molecule has 2 aromatic rings. The first-order chi connectivity index (χ1) is 20.3. The molecule has 10 nitrogen and oxygen atoms in total. The van der Waals surface area contributed by atoms with E-state index in [1.165, 1.54) is 18.9 Å². The van der Waals surface area contributed by atoms with Crippen LogP contribution in [0.25, 0.3) is 11.1 Å². The average molecular weight is 615 g/mol. The molecule has 1 fully saturated rings. The van der Waals surface area contributed by atoms with Crippen molar-refractivity contribution in [3.8, 4) is 11.1 Å². The van der Waals surface area contributed by atoms with Gasteiger partial charge in [0.25, 0.3) is 0 Å². The Hall–Kier alpha value is -3.57. The van der Waals surface area contributed by atoms with Crippen molar-refractivity contribution in [3.63, 3.8) is 0 Å². The lowest BCUT2D eigenvalue weighted by molar-refractivity contribution is -0.148. The molecular weight excluding hydrogens is 572 g/mol. The quantitative estimate of drug-likeness (QED) is 0.178. The zero-order chi connectivity index (χ0) is 31.6. The Labute approximate surface area is 257 Å². The molecule has 0 aliphatic heterocycles. The number of carbonyl (C=O) groups is 4. The molecule has 2 N–H and O–H groups in total. The molecule has 0 saturated heterocycles. The normalized spacial score (nSPS) is 18.3. The first-order valence-electron chi connectivity index (χ1n) is 14.3. The second-order valence-corrected chi connectivity index (χ2v) is 12.9. The number of esters is 2. The van der Waals surface area contributed by atoms with Gasteiger partial charge in [0.1, 0.15) is 18.2 Å². The van der Waals surface area contributed by atoms with E-state index in [2.05, 4.69) is 10.6 Å². The summed E-state index contributed by atoms with van der Waals surface area (Å²) in [6, 6.07) is 16.0. The first-order valence-corrected chi connectivity index (χ1v) is 15.4. The number of alkyl carbamates (subject to hydrolysis) is 1. The van der Waals surface area contributed by atoms with Gasteiger partial charge in [-0.05, 0) is 49.9 Å². The Balaban J connectivity index is 1.55. The lowest BCUT2D eigenvalue weighted by Crippen LogP contribution is -2.56. The predicted molar refractivity (Wildman–Crippen MR) is 165 cm³/mol. The van der Waals surface area contributed by atoms with Crippen LogP contribution in [0.3, 0.4) is 0 Å². The molecule has 0 aromatic heterocycles. The van der Waals surface area contributed by atoms with Crippen LogP contribution in [0.5, 0.6) is 0 Å². The molecule has 3 rings (SSSR count). The Morgan fingerprint density at radius 3 is 2.26 bits per heavy atom. The van der Waals surface area contributed by atoms with Gasteiger partial charge >= 0.3 is 18.0 Å². The van der Waals surface area contributed by atoms with Gasteiger partial charge in [0.2, 0.25) is 5.91 Å². The van der Waals surface area contributed by atoms with Gasteiger partial charge in [-0.15, -0.1) is 0 Å². The second-order valence-electron chi connectivity index (χ2n) is 11.7. The minimum absolute atomic E-state index is 0.0991. The fourth-order valence-electron chi connectivity index (χ4n) is 4.17. The summed E-state index contributed by atoms with van der Waals surface area (Å²) in [4.78, 5) is 51.0. The maximum absolute atomic E-state index is 13.3. The number of nitrogens with one attached hydrogen (secondary N) is 2. The van der Waals surface area contributed by atoms with Gasteiger partial charge in [-0.2, -0.15) is 11.8 Å². The molecule has 0 radical (unpaired) electrons. The molecular formula is C32H42N2O8S. The largest absolute Gasteiger partial charge is 0.467 e. The SMILES string of the molecule is COC(=O)C1(NC(=O)[C@H](CSCCOC(=O)c2ccc(-c3ccccc3)cc2)NC(=O)OC(C)(C)C)C[C@H]1OCC(C)C. The van der Waals surface area contributed by atoms with E-state index >= 15 is 0 Å². The summed E-state index contributed by atoms with van der Waals surface area (Å²) >= 11 is 1.31. The molecule has 3 atom stereocenters. The van der Waals surface area contributed by atoms with Crippen molar-refractivity contribution >= 4 is 35.7 Å². The van der Waals surface area contributed by atoms with Gasteiger partial charge in [-0.25, -0.2) is 14.4 Å². The summed E-state index contributed by atoms with van der Waals surface area (Å²) in [7, 11) is 1.25. The Bertz CT molecular complexity index is 1250. The third kappa shape index (κ3) is 10.3. The van der Waals surface area contributed by atoms with Crippen LogP contribution in [0.1, 0.15) is 51.4 Å². The number of amides is 2. The highest BCUT2D eigenvalue weighted by Gasteiger charge is 2.64. The van der Waals surface area contributed by atoms with Crippen molar-refractivity contribution in [1.82, 2.24) is 10.6 Å². The molecule has 0 spiro atoms. The number of rotatable bonds is 14. The van der Waals surface area contributed by atoms with E-state index < -0.39 is 47.2 Å². The van der Waals surface area contributed by atoms with Crippen molar-refractivity contribution in [3.05, 3.63) is 60.2 Å². The minimum Gasteiger partial charge on any atom is -0.467 e. The fourth-order valence-corrected chi connectivity index (χ4v) is 5.01. The third-order valence-electron chi connectivity index (χ3n) is 6.40. The Morgan fingerprint density at radius 1 is 1.00 bits per heavy atom. The van der Waals surface area contributed by atoms with E-state index in [0.717, 1.165) is 11.1 Å². The summed E-state index contributed by atoms with van der Waals surface area (Å²) in [6.07, 6.45) is -1.02. The van der Waals surface area contributed by atoms with E-state index in [9.17, 15) is 19.2 Å². The van der Waals surface area contributed by atoms with Crippen LogP contribution in [0.15, 0.2) is 54.6 Å². The van der Waals surface area contributed by atoms with Gasteiger partial charge in [0, 0.05) is 24.5 Å². The van der Waals surface area contributed by atoms with E-state index in [4.69, 9.17) is 18.9 Å². The van der Waals surface area contributed by atoms with E-state index in [0.29, 0.717) is 17.9 Å². The zero-order valence-electron chi connectivity index (χ0n) is 25.6. The zero-order valence-corrected chi connectivity index (χ0v) is 26.5.